The molecule has 2 rings (SSSR count). The number of hydrogen-bond donors (Lipinski definition) is 1. The van der Waals surface area contributed by atoms with Crippen LogP contribution in [0.1, 0.15) is 30.7 Å². The van der Waals surface area contributed by atoms with E-state index in [1.54, 1.807) is 0 Å². The zero-order chi connectivity index (χ0) is 15.9. The van der Waals surface area contributed by atoms with Gasteiger partial charge in [0, 0.05) is 55.2 Å². The minimum absolute atomic E-state index is 0. The number of aryl methyl sites for hydroxylation is 1. The van der Waals surface area contributed by atoms with E-state index >= 15 is 0 Å². The molecule has 0 aromatic carbocycles. The Kier molecular flexibility index (Phi) is 9.84. The predicted octanol–water partition coefficient (Wildman–Crippen LogP) is 3.51. The van der Waals surface area contributed by atoms with Gasteiger partial charge in [-0.3, -0.25) is 4.99 Å². The Morgan fingerprint density at radius 1 is 1.52 bits per heavy atom. The van der Waals surface area contributed by atoms with E-state index < -0.39 is 0 Å². The molecule has 0 aliphatic carbocycles. The number of nitrogens with zero attached hydrogens (tertiary/aromatic N) is 3. The second-order valence-corrected chi connectivity index (χ2v) is 8.44. The molecule has 1 saturated heterocycles. The first kappa shape index (κ1) is 21.0. The van der Waals surface area contributed by atoms with Gasteiger partial charge >= 0.3 is 0 Å². The lowest BCUT2D eigenvalue weighted by molar-refractivity contribution is 0.381. The van der Waals surface area contributed by atoms with Crippen LogP contribution < -0.4 is 5.32 Å². The van der Waals surface area contributed by atoms with Gasteiger partial charge in [-0.1, -0.05) is 20.8 Å². The topological polar surface area (TPSA) is 40.5 Å². The molecule has 1 aromatic rings. The van der Waals surface area contributed by atoms with Gasteiger partial charge in [0.05, 0.1) is 5.01 Å². The lowest BCUT2D eigenvalue weighted by Crippen LogP contribution is -2.49. The summed E-state index contributed by atoms with van der Waals surface area (Å²) < 4.78 is 0. The minimum Gasteiger partial charge on any atom is -0.356 e. The summed E-state index contributed by atoms with van der Waals surface area (Å²) in [7, 11) is 1.88. The lowest BCUT2D eigenvalue weighted by atomic mass is 10.1. The van der Waals surface area contributed by atoms with Crippen molar-refractivity contribution in [3.05, 3.63) is 16.1 Å². The van der Waals surface area contributed by atoms with E-state index in [0.717, 1.165) is 38.4 Å². The highest BCUT2D eigenvalue weighted by atomic mass is 127. The summed E-state index contributed by atoms with van der Waals surface area (Å²) in [4.78, 5) is 12.7. The van der Waals surface area contributed by atoms with Crippen molar-refractivity contribution in [2.75, 3.05) is 32.4 Å². The fourth-order valence-corrected chi connectivity index (χ4v) is 4.67. The fourth-order valence-electron chi connectivity index (χ4n) is 2.51. The monoisotopic (exact) mass is 468 g/mol. The van der Waals surface area contributed by atoms with Gasteiger partial charge in [0.25, 0.3) is 0 Å². The zero-order valence-corrected chi connectivity index (χ0v) is 18.5. The maximum Gasteiger partial charge on any atom is 0.193 e. The van der Waals surface area contributed by atoms with Gasteiger partial charge in [-0.05, 0) is 12.3 Å². The van der Waals surface area contributed by atoms with Gasteiger partial charge in [0.1, 0.15) is 0 Å². The fraction of sp³-hybridized carbons (Fsp3) is 0.750. The Morgan fingerprint density at radius 2 is 2.30 bits per heavy atom. The first-order valence-corrected chi connectivity index (χ1v) is 10.0. The second kappa shape index (κ2) is 10.8. The van der Waals surface area contributed by atoms with Crippen LogP contribution in [0.15, 0.2) is 11.2 Å². The van der Waals surface area contributed by atoms with Crippen LogP contribution in [-0.4, -0.2) is 53.5 Å². The molecule has 0 saturated carbocycles. The van der Waals surface area contributed by atoms with Crippen LogP contribution in [-0.2, 0) is 12.8 Å². The van der Waals surface area contributed by atoms with Crippen LogP contribution in [0, 0.1) is 5.92 Å². The summed E-state index contributed by atoms with van der Waals surface area (Å²) in [5.41, 5.74) is 0. The summed E-state index contributed by atoms with van der Waals surface area (Å²) in [5.74, 6) is 2.95. The Balaban J connectivity index is 0.00000264. The summed E-state index contributed by atoms with van der Waals surface area (Å²) in [6, 6.07) is 0. The third kappa shape index (κ3) is 6.42. The van der Waals surface area contributed by atoms with Crippen molar-refractivity contribution in [2.45, 2.75) is 38.9 Å². The largest absolute Gasteiger partial charge is 0.356 e. The van der Waals surface area contributed by atoms with Crippen LogP contribution >= 0.6 is 47.1 Å². The van der Waals surface area contributed by atoms with Crippen molar-refractivity contribution in [3.8, 4) is 0 Å². The highest BCUT2D eigenvalue weighted by Crippen LogP contribution is 2.24. The molecule has 1 aliphatic heterocycles. The Labute approximate surface area is 166 Å². The van der Waals surface area contributed by atoms with Gasteiger partial charge in [-0.2, -0.15) is 11.8 Å². The Bertz CT molecular complexity index is 490. The lowest BCUT2D eigenvalue weighted by Gasteiger charge is -2.36. The van der Waals surface area contributed by atoms with Crippen molar-refractivity contribution < 1.29 is 0 Å². The molecular formula is C16H29IN4S2. The number of thiazole rings is 1. The molecule has 1 N–H and O–H groups in total. The van der Waals surface area contributed by atoms with E-state index in [0.29, 0.717) is 11.2 Å². The summed E-state index contributed by atoms with van der Waals surface area (Å²) in [6.45, 7) is 9.89. The molecule has 0 amide bonds. The third-order valence-electron chi connectivity index (χ3n) is 3.92. The van der Waals surface area contributed by atoms with Gasteiger partial charge in [-0.15, -0.1) is 35.3 Å². The highest BCUT2D eigenvalue weighted by Gasteiger charge is 2.24. The van der Waals surface area contributed by atoms with E-state index in [4.69, 9.17) is 0 Å². The molecule has 4 nitrogen and oxygen atoms in total. The zero-order valence-electron chi connectivity index (χ0n) is 14.5. The maximum absolute atomic E-state index is 4.48. The molecule has 7 heteroatoms. The van der Waals surface area contributed by atoms with Crippen LogP contribution in [0.4, 0.5) is 0 Å². The van der Waals surface area contributed by atoms with Crippen LogP contribution in [0.5, 0.6) is 0 Å². The third-order valence-corrected chi connectivity index (χ3v) is 6.66. The number of nitrogens with one attached hydrogen (secondary N) is 1. The van der Waals surface area contributed by atoms with Crippen molar-refractivity contribution in [3.63, 3.8) is 0 Å². The molecule has 1 unspecified atom stereocenters. The smallest absolute Gasteiger partial charge is 0.193 e. The van der Waals surface area contributed by atoms with E-state index in [9.17, 15) is 0 Å². The summed E-state index contributed by atoms with van der Waals surface area (Å²) in [5, 5.41) is 5.43. The Hall–Kier alpha value is -0.0200. The molecule has 1 atom stereocenters. The average Bonchev–Trinajstić information content (AvgIpc) is 2.99. The van der Waals surface area contributed by atoms with Crippen molar-refractivity contribution in [1.29, 1.82) is 0 Å². The van der Waals surface area contributed by atoms with E-state index in [2.05, 4.69) is 52.7 Å². The first-order chi connectivity index (χ1) is 10.6. The number of thioether (sulfide) groups is 1. The number of rotatable bonds is 5. The van der Waals surface area contributed by atoms with Crippen LogP contribution in [0.25, 0.3) is 0 Å². The molecule has 0 bridgehead atoms. The quantitative estimate of drug-likeness (QED) is 0.408. The van der Waals surface area contributed by atoms with Crippen LogP contribution in [0.2, 0.25) is 0 Å². The van der Waals surface area contributed by atoms with Gasteiger partial charge in [-0.25, -0.2) is 4.98 Å². The molecule has 1 aromatic heterocycles. The standard InChI is InChI=1S/C16H28N4S2.HI/c1-5-13-10-19-15(22-13)6-7-18-16(17-4)20-8-9-21-14(11-20)12(2)3;/h10,12,14H,5-9,11H2,1-4H3,(H,17,18);1H. The number of halogens is 1. The molecule has 0 radical (unpaired) electrons. The first-order valence-electron chi connectivity index (χ1n) is 8.14. The van der Waals surface area contributed by atoms with Crippen molar-refractivity contribution >= 4 is 53.0 Å². The van der Waals surface area contributed by atoms with Crippen LogP contribution in [0.3, 0.4) is 0 Å². The van der Waals surface area contributed by atoms with E-state index in [1.807, 2.05) is 24.6 Å². The van der Waals surface area contributed by atoms with Gasteiger partial charge < -0.3 is 10.2 Å². The summed E-state index contributed by atoms with van der Waals surface area (Å²) in [6.07, 6.45) is 4.05. The number of guanidine groups is 1. The minimum atomic E-state index is 0. The molecule has 23 heavy (non-hydrogen) atoms. The Morgan fingerprint density at radius 3 is 2.91 bits per heavy atom. The molecule has 1 fully saturated rings. The SMILES string of the molecule is CCc1cnc(CCNC(=NC)N2CCSC(C(C)C)C2)s1.I. The normalized spacial score (nSPS) is 18.9. The average molecular weight is 468 g/mol. The molecule has 0 spiro atoms. The highest BCUT2D eigenvalue weighted by molar-refractivity contribution is 14.0. The second-order valence-electron chi connectivity index (χ2n) is 5.90. The number of hydrogen-bond acceptors (Lipinski definition) is 4. The molecule has 1 aliphatic rings. The van der Waals surface area contributed by atoms with E-state index in [-0.39, 0.29) is 24.0 Å². The van der Waals surface area contributed by atoms with Gasteiger partial charge in [0.15, 0.2) is 5.96 Å². The molecule has 2 heterocycles. The maximum atomic E-state index is 4.48. The van der Waals surface area contributed by atoms with Crippen molar-refractivity contribution in [1.82, 2.24) is 15.2 Å². The predicted molar refractivity (Wildman–Crippen MR) is 115 cm³/mol. The number of aliphatic imine (C=N–C) groups is 1. The van der Waals surface area contributed by atoms with Gasteiger partial charge in [0.2, 0.25) is 0 Å². The molecular weight excluding hydrogens is 439 g/mol. The van der Waals surface area contributed by atoms with Crippen molar-refractivity contribution in [2.24, 2.45) is 10.9 Å². The van der Waals surface area contributed by atoms with E-state index in [1.165, 1.54) is 15.6 Å². The molecule has 132 valence electrons. The summed E-state index contributed by atoms with van der Waals surface area (Å²) >= 11 is 3.92. The number of aromatic nitrogens is 1.